The van der Waals surface area contributed by atoms with E-state index in [0.717, 1.165) is 11.4 Å². The van der Waals surface area contributed by atoms with Crippen molar-refractivity contribution < 1.29 is 14.6 Å². The zero-order valence-electron chi connectivity index (χ0n) is 10.5. The highest BCUT2D eigenvalue weighted by molar-refractivity contribution is 5.78. The summed E-state index contributed by atoms with van der Waals surface area (Å²) >= 11 is 0. The maximum atomic E-state index is 11.0. The van der Waals surface area contributed by atoms with E-state index in [1.165, 1.54) is 0 Å². The lowest BCUT2D eigenvalue weighted by molar-refractivity contribution is -0.138. The second-order valence-corrected chi connectivity index (χ2v) is 3.80. The van der Waals surface area contributed by atoms with Crippen molar-refractivity contribution in [1.82, 2.24) is 0 Å². The maximum Gasteiger partial charge on any atom is 0.326 e. The number of likely N-dealkylation sites (N-methyl/N-ethyl adjacent to an activating group) is 1. The summed E-state index contributed by atoms with van der Waals surface area (Å²) in [5.41, 5.74) is 0.878. The molecular formula is C13H19NO3. The molecule has 94 valence electrons. The van der Waals surface area contributed by atoms with Crippen LogP contribution < -0.4 is 9.64 Å². The predicted molar refractivity (Wildman–Crippen MR) is 67.7 cm³/mol. The molecule has 0 unspecified atom stereocenters. The van der Waals surface area contributed by atoms with Gasteiger partial charge < -0.3 is 14.7 Å². The topological polar surface area (TPSA) is 49.8 Å². The van der Waals surface area contributed by atoms with Crippen LogP contribution in [0.3, 0.4) is 0 Å². The minimum absolute atomic E-state index is 0.493. The Morgan fingerprint density at radius 1 is 1.35 bits per heavy atom. The Labute approximate surface area is 102 Å². The van der Waals surface area contributed by atoms with Crippen LogP contribution in [-0.4, -0.2) is 30.8 Å². The number of carboxylic acids is 1. The summed E-state index contributed by atoms with van der Waals surface area (Å²) < 4.78 is 5.34. The number of carbonyl (C=O) groups is 1. The number of hydrogen-bond donors (Lipinski definition) is 1. The number of rotatable bonds is 6. The van der Waals surface area contributed by atoms with Crippen molar-refractivity contribution in [1.29, 1.82) is 0 Å². The van der Waals surface area contributed by atoms with Crippen LogP contribution >= 0.6 is 0 Å². The molecule has 0 aliphatic rings. The molecule has 0 saturated carbocycles. The Morgan fingerprint density at radius 3 is 2.35 bits per heavy atom. The van der Waals surface area contributed by atoms with Gasteiger partial charge in [0.05, 0.1) is 6.61 Å². The Hall–Kier alpha value is -1.71. The summed E-state index contributed by atoms with van der Waals surface area (Å²) in [4.78, 5) is 12.8. The maximum absolute atomic E-state index is 11.0. The Bertz CT molecular complexity index is 361. The molecule has 1 rings (SSSR count). The predicted octanol–water partition coefficient (Wildman–Crippen LogP) is 2.38. The lowest BCUT2D eigenvalue weighted by Crippen LogP contribution is -2.37. The van der Waals surface area contributed by atoms with Crippen molar-refractivity contribution in [2.75, 3.05) is 18.6 Å². The van der Waals surface area contributed by atoms with Gasteiger partial charge in [-0.25, -0.2) is 4.79 Å². The van der Waals surface area contributed by atoms with Crippen LogP contribution in [0.15, 0.2) is 24.3 Å². The Kier molecular flexibility index (Phi) is 4.82. The molecular weight excluding hydrogens is 218 g/mol. The zero-order valence-corrected chi connectivity index (χ0v) is 10.5. The van der Waals surface area contributed by atoms with Crippen molar-refractivity contribution in [2.24, 2.45) is 0 Å². The monoisotopic (exact) mass is 237 g/mol. The largest absolute Gasteiger partial charge is 0.494 e. The van der Waals surface area contributed by atoms with E-state index in [1.807, 2.05) is 38.1 Å². The number of ether oxygens (including phenoxy) is 1. The number of anilines is 1. The smallest absolute Gasteiger partial charge is 0.326 e. The van der Waals surface area contributed by atoms with E-state index in [-0.39, 0.29) is 0 Å². The molecule has 1 N–H and O–H groups in total. The van der Waals surface area contributed by atoms with Crippen molar-refractivity contribution in [3.8, 4) is 5.75 Å². The van der Waals surface area contributed by atoms with Gasteiger partial charge in [-0.2, -0.15) is 0 Å². The molecule has 0 spiro atoms. The minimum Gasteiger partial charge on any atom is -0.494 e. The van der Waals surface area contributed by atoms with E-state index >= 15 is 0 Å². The fraction of sp³-hybridized carbons (Fsp3) is 0.462. The molecule has 0 aliphatic carbocycles. The summed E-state index contributed by atoms with van der Waals surface area (Å²) in [6.45, 7) is 4.42. The third kappa shape index (κ3) is 3.37. The summed E-state index contributed by atoms with van der Waals surface area (Å²) in [5.74, 6) is -0.00286. The molecule has 0 heterocycles. The number of benzene rings is 1. The SMILES string of the molecule is CCOc1ccc(N(C)[C@@H](CC)C(=O)O)cc1. The van der Waals surface area contributed by atoms with Crippen molar-refractivity contribution >= 4 is 11.7 Å². The van der Waals surface area contributed by atoms with E-state index < -0.39 is 12.0 Å². The highest BCUT2D eigenvalue weighted by Crippen LogP contribution is 2.21. The third-order valence-corrected chi connectivity index (χ3v) is 2.69. The Balaban J connectivity index is 2.81. The average molecular weight is 237 g/mol. The van der Waals surface area contributed by atoms with Gasteiger partial charge in [0.15, 0.2) is 0 Å². The van der Waals surface area contributed by atoms with Gasteiger partial charge in [-0.3, -0.25) is 0 Å². The average Bonchev–Trinajstić information content (AvgIpc) is 2.30. The molecule has 0 radical (unpaired) electrons. The molecule has 4 nitrogen and oxygen atoms in total. The first-order chi connectivity index (χ1) is 8.10. The van der Waals surface area contributed by atoms with Crippen molar-refractivity contribution in [3.05, 3.63) is 24.3 Å². The first-order valence-corrected chi connectivity index (χ1v) is 5.78. The Morgan fingerprint density at radius 2 is 1.94 bits per heavy atom. The molecule has 0 aromatic heterocycles. The molecule has 0 bridgehead atoms. The molecule has 1 aromatic carbocycles. The molecule has 4 heteroatoms. The van der Waals surface area contributed by atoms with Gasteiger partial charge >= 0.3 is 5.97 Å². The third-order valence-electron chi connectivity index (χ3n) is 2.69. The fourth-order valence-corrected chi connectivity index (χ4v) is 1.74. The second kappa shape index (κ2) is 6.13. The van der Waals surface area contributed by atoms with Crippen LogP contribution in [0.1, 0.15) is 20.3 Å². The molecule has 0 amide bonds. The van der Waals surface area contributed by atoms with Crippen molar-refractivity contribution in [3.63, 3.8) is 0 Å². The number of nitrogens with zero attached hydrogens (tertiary/aromatic N) is 1. The summed E-state index contributed by atoms with van der Waals surface area (Å²) in [6, 6.07) is 6.95. The first-order valence-electron chi connectivity index (χ1n) is 5.78. The van der Waals surface area contributed by atoms with E-state index in [9.17, 15) is 4.79 Å². The number of carboxylic acid groups (broad SMARTS) is 1. The van der Waals surface area contributed by atoms with Crippen LogP contribution in [0.5, 0.6) is 5.75 Å². The van der Waals surface area contributed by atoms with Gasteiger partial charge in [-0.1, -0.05) is 6.92 Å². The van der Waals surface area contributed by atoms with E-state index in [1.54, 1.807) is 11.9 Å². The highest BCUT2D eigenvalue weighted by atomic mass is 16.5. The first kappa shape index (κ1) is 13.4. The lowest BCUT2D eigenvalue weighted by atomic mass is 10.1. The van der Waals surface area contributed by atoms with Crippen LogP contribution in [0.4, 0.5) is 5.69 Å². The van der Waals surface area contributed by atoms with Gasteiger partial charge in [0.25, 0.3) is 0 Å². The highest BCUT2D eigenvalue weighted by Gasteiger charge is 2.20. The molecule has 0 saturated heterocycles. The summed E-state index contributed by atoms with van der Waals surface area (Å²) in [5, 5.41) is 9.08. The quantitative estimate of drug-likeness (QED) is 0.825. The minimum atomic E-state index is -0.802. The van der Waals surface area contributed by atoms with Gasteiger partial charge in [0.1, 0.15) is 11.8 Å². The molecule has 1 atom stereocenters. The van der Waals surface area contributed by atoms with Gasteiger partial charge in [-0.15, -0.1) is 0 Å². The summed E-state index contributed by atoms with van der Waals surface area (Å²) in [6.07, 6.45) is 0.568. The van der Waals surface area contributed by atoms with Gasteiger partial charge in [0.2, 0.25) is 0 Å². The molecule has 17 heavy (non-hydrogen) atoms. The van der Waals surface area contributed by atoms with E-state index in [0.29, 0.717) is 13.0 Å². The van der Waals surface area contributed by atoms with Crippen LogP contribution in [0.2, 0.25) is 0 Å². The number of hydrogen-bond acceptors (Lipinski definition) is 3. The van der Waals surface area contributed by atoms with E-state index in [2.05, 4.69) is 0 Å². The fourth-order valence-electron chi connectivity index (χ4n) is 1.74. The summed E-state index contributed by atoms with van der Waals surface area (Å²) in [7, 11) is 1.79. The zero-order chi connectivity index (χ0) is 12.8. The van der Waals surface area contributed by atoms with Crippen LogP contribution in [0.25, 0.3) is 0 Å². The molecule has 0 aliphatic heterocycles. The lowest BCUT2D eigenvalue weighted by Gasteiger charge is -2.25. The standard InChI is InChI=1S/C13H19NO3/c1-4-12(13(15)16)14(3)10-6-8-11(9-7-10)17-5-2/h6-9,12H,4-5H2,1-3H3,(H,15,16)/t12-/m0/s1. The number of aliphatic carboxylic acids is 1. The van der Waals surface area contributed by atoms with E-state index in [4.69, 9.17) is 9.84 Å². The van der Waals surface area contributed by atoms with Crippen LogP contribution in [-0.2, 0) is 4.79 Å². The molecule has 1 aromatic rings. The van der Waals surface area contributed by atoms with Crippen LogP contribution in [0, 0.1) is 0 Å². The second-order valence-electron chi connectivity index (χ2n) is 3.80. The van der Waals surface area contributed by atoms with Gasteiger partial charge in [0, 0.05) is 12.7 Å². The molecule has 0 fully saturated rings. The normalized spacial score (nSPS) is 11.9. The van der Waals surface area contributed by atoms with Gasteiger partial charge in [-0.05, 0) is 37.6 Å². The van der Waals surface area contributed by atoms with Crippen molar-refractivity contribution in [2.45, 2.75) is 26.3 Å².